The van der Waals surface area contributed by atoms with Gasteiger partial charge in [0.15, 0.2) is 5.16 Å². The first kappa shape index (κ1) is 12.0. The van der Waals surface area contributed by atoms with Crippen LogP contribution in [0.4, 0.5) is 0 Å². The molecule has 1 aliphatic heterocycles. The summed E-state index contributed by atoms with van der Waals surface area (Å²) in [6.07, 6.45) is 1.00. The number of para-hydroxylation sites is 1. The molecule has 0 saturated heterocycles. The van der Waals surface area contributed by atoms with Crippen molar-refractivity contribution in [3.8, 4) is 0 Å². The number of hydrogen-bond acceptors (Lipinski definition) is 3. The Bertz CT molecular complexity index is 878. The van der Waals surface area contributed by atoms with E-state index < -0.39 is 0 Å². The fourth-order valence-electron chi connectivity index (χ4n) is 2.98. The number of hydrogen-bond donors (Lipinski definition) is 0. The first-order valence-corrected chi connectivity index (χ1v) is 7.94. The summed E-state index contributed by atoms with van der Waals surface area (Å²) >= 11 is 1.67. The molecule has 0 radical (unpaired) electrons. The Balaban J connectivity index is 2.23. The van der Waals surface area contributed by atoms with Crippen LogP contribution in [0, 0.1) is 0 Å². The molecule has 102 valence electrons. The van der Waals surface area contributed by atoms with E-state index in [2.05, 4.69) is 23.6 Å². The third-order valence-corrected chi connectivity index (χ3v) is 4.78. The highest BCUT2D eigenvalue weighted by atomic mass is 32.2. The minimum absolute atomic E-state index is 0.111. The van der Waals surface area contributed by atoms with Gasteiger partial charge in [-0.3, -0.25) is 9.36 Å². The molecule has 3 heterocycles. The summed E-state index contributed by atoms with van der Waals surface area (Å²) in [7, 11) is 0. The van der Waals surface area contributed by atoms with Crippen LogP contribution >= 0.6 is 11.8 Å². The predicted molar refractivity (Wildman–Crippen MR) is 82.5 cm³/mol. The van der Waals surface area contributed by atoms with E-state index in [4.69, 9.17) is 4.98 Å². The summed E-state index contributed by atoms with van der Waals surface area (Å²) in [5, 5.41) is 1.95. The number of nitrogens with zero attached hydrogens (tertiary/aromatic N) is 3. The van der Waals surface area contributed by atoms with E-state index in [1.54, 1.807) is 11.8 Å². The lowest BCUT2D eigenvalue weighted by molar-refractivity contribution is 0.655. The van der Waals surface area contributed by atoms with Crippen molar-refractivity contribution in [2.24, 2.45) is 0 Å². The van der Waals surface area contributed by atoms with Gasteiger partial charge >= 0.3 is 0 Å². The lowest BCUT2D eigenvalue weighted by atomic mass is 10.2. The third kappa shape index (κ3) is 1.50. The molecule has 4 rings (SSSR count). The minimum Gasteiger partial charge on any atom is -0.335 e. The van der Waals surface area contributed by atoms with Crippen molar-refractivity contribution in [3.63, 3.8) is 0 Å². The fraction of sp³-hybridized carbons (Fsp3) is 0.333. The van der Waals surface area contributed by atoms with Crippen molar-refractivity contribution in [2.45, 2.75) is 31.6 Å². The summed E-state index contributed by atoms with van der Waals surface area (Å²) in [4.78, 5) is 17.5. The van der Waals surface area contributed by atoms with Crippen LogP contribution in [-0.2, 0) is 13.1 Å². The Labute approximate surface area is 120 Å². The summed E-state index contributed by atoms with van der Waals surface area (Å²) in [5.41, 5.74) is 2.85. The van der Waals surface area contributed by atoms with Gasteiger partial charge in [-0.25, -0.2) is 4.98 Å². The highest BCUT2D eigenvalue weighted by Crippen LogP contribution is 2.29. The second-order valence-electron chi connectivity index (χ2n) is 5.07. The monoisotopic (exact) mass is 285 g/mol. The molecule has 1 aliphatic rings. The molecule has 0 saturated carbocycles. The van der Waals surface area contributed by atoms with E-state index >= 15 is 0 Å². The van der Waals surface area contributed by atoms with E-state index in [9.17, 15) is 4.79 Å². The van der Waals surface area contributed by atoms with Crippen LogP contribution in [0.2, 0.25) is 0 Å². The molecule has 0 N–H and O–H groups in total. The zero-order valence-corrected chi connectivity index (χ0v) is 12.1. The molecule has 4 nitrogen and oxygen atoms in total. The molecule has 0 fully saturated rings. The zero-order chi connectivity index (χ0) is 13.7. The van der Waals surface area contributed by atoms with Crippen LogP contribution in [-0.4, -0.2) is 19.9 Å². The van der Waals surface area contributed by atoms with Gasteiger partial charge in [-0.15, -0.1) is 0 Å². The summed E-state index contributed by atoms with van der Waals surface area (Å²) in [6, 6.07) is 8.17. The highest BCUT2D eigenvalue weighted by molar-refractivity contribution is 7.99. The van der Waals surface area contributed by atoms with Crippen LogP contribution in [0.3, 0.4) is 0 Å². The van der Waals surface area contributed by atoms with Gasteiger partial charge < -0.3 is 4.57 Å². The molecule has 0 atom stereocenters. The van der Waals surface area contributed by atoms with E-state index in [0.717, 1.165) is 52.4 Å². The molecule has 5 heteroatoms. The molecule has 20 heavy (non-hydrogen) atoms. The lowest BCUT2D eigenvalue weighted by Gasteiger charge is -2.06. The summed E-state index contributed by atoms with van der Waals surface area (Å²) in [5.74, 6) is 0.945. The number of rotatable bonds is 2. The van der Waals surface area contributed by atoms with Crippen LogP contribution < -0.4 is 5.56 Å². The molecular weight excluding hydrogens is 270 g/mol. The van der Waals surface area contributed by atoms with Gasteiger partial charge in [0, 0.05) is 24.2 Å². The Hall–Kier alpha value is -1.75. The maximum atomic E-state index is 12.8. The quantitative estimate of drug-likeness (QED) is 0.680. The third-order valence-electron chi connectivity index (χ3n) is 3.82. The molecular formula is C15H15N3OS. The SMILES string of the molecule is CCCn1c2ccccc2c2nc3n(c(=O)c21)CCS3. The van der Waals surface area contributed by atoms with E-state index in [-0.39, 0.29) is 5.56 Å². The maximum Gasteiger partial charge on any atom is 0.278 e. The number of aromatic nitrogens is 3. The summed E-state index contributed by atoms with van der Waals surface area (Å²) in [6.45, 7) is 3.76. The van der Waals surface area contributed by atoms with Crippen LogP contribution in [0.15, 0.2) is 34.2 Å². The Morgan fingerprint density at radius 3 is 3.05 bits per heavy atom. The van der Waals surface area contributed by atoms with Gasteiger partial charge in [0.05, 0.1) is 5.52 Å². The Kier molecular flexibility index (Phi) is 2.63. The molecule has 0 bridgehead atoms. The second kappa shape index (κ2) is 4.38. The van der Waals surface area contributed by atoms with Crippen molar-refractivity contribution >= 4 is 33.7 Å². The van der Waals surface area contributed by atoms with Crippen molar-refractivity contribution < 1.29 is 0 Å². The minimum atomic E-state index is 0.111. The second-order valence-corrected chi connectivity index (χ2v) is 6.13. The normalized spacial score (nSPS) is 14.2. The molecule has 1 aromatic carbocycles. The van der Waals surface area contributed by atoms with Crippen LogP contribution in [0.1, 0.15) is 13.3 Å². The molecule has 0 amide bonds. The highest BCUT2D eigenvalue weighted by Gasteiger charge is 2.21. The largest absolute Gasteiger partial charge is 0.335 e. The summed E-state index contributed by atoms with van der Waals surface area (Å²) < 4.78 is 3.95. The zero-order valence-electron chi connectivity index (χ0n) is 11.3. The predicted octanol–water partition coefficient (Wildman–Crippen LogP) is 2.87. The number of benzene rings is 1. The Morgan fingerprint density at radius 2 is 2.20 bits per heavy atom. The first-order valence-electron chi connectivity index (χ1n) is 6.96. The van der Waals surface area contributed by atoms with Gasteiger partial charge in [-0.2, -0.15) is 0 Å². The lowest BCUT2D eigenvalue weighted by Crippen LogP contribution is -2.22. The van der Waals surface area contributed by atoms with Gasteiger partial charge in [0.1, 0.15) is 11.0 Å². The van der Waals surface area contributed by atoms with Crippen LogP contribution in [0.5, 0.6) is 0 Å². The van der Waals surface area contributed by atoms with E-state index in [0.29, 0.717) is 0 Å². The van der Waals surface area contributed by atoms with Crippen molar-refractivity contribution in [2.75, 3.05) is 5.75 Å². The molecule has 0 unspecified atom stereocenters. The topological polar surface area (TPSA) is 39.8 Å². The van der Waals surface area contributed by atoms with Crippen molar-refractivity contribution in [1.82, 2.24) is 14.1 Å². The van der Waals surface area contributed by atoms with Gasteiger partial charge in [0.2, 0.25) is 0 Å². The number of fused-ring (bicyclic) bond motifs is 4. The molecule has 0 aliphatic carbocycles. The number of thioether (sulfide) groups is 1. The maximum absolute atomic E-state index is 12.8. The van der Waals surface area contributed by atoms with Crippen LogP contribution in [0.25, 0.3) is 21.9 Å². The first-order chi connectivity index (χ1) is 9.81. The molecule has 2 aromatic heterocycles. The fourth-order valence-corrected chi connectivity index (χ4v) is 3.92. The average Bonchev–Trinajstić information content (AvgIpc) is 3.05. The standard InChI is InChI=1S/C15H15N3OS/c1-2-7-17-11-6-4-3-5-10(11)12-13(17)14(19)18-8-9-20-15(18)16-12/h3-6H,2,7-9H2,1H3. The van der Waals surface area contributed by atoms with Gasteiger partial charge in [0.25, 0.3) is 5.56 Å². The van der Waals surface area contributed by atoms with Gasteiger partial charge in [-0.05, 0) is 12.5 Å². The molecule has 3 aromatic rings. The van der Waals surface area contributed by atoms with E-state index in [1.165, 1.54) is 0 Å². The average molecular weight is 285 g/mol. The number of aryl methyl sites for hydroxylation is 1. The smallest absolute Gasteiger partial charge is 0.278 e. The molecule has 0 spiro atoms. The Morgan fingerprint density at radius 1 is 1.35 bits per heavy atom. The van der Waals surface area contributed by atoms with Gasteiger partial charge in [-0.1, -0.05) is 36.9 Å². The van der Waals surface area contributed by atoms with E-state index in [1.807, 2.05) is 16.7 Å². The van der Waals surface area contributed by atoms with Crippen molar-refractivity contribution in [1.29, 1.82) is 0 Å². The van der Waals surface area contributed by atoms with Crippen molar-refractivity contribution in [3.05, 3.63) is 34.6 Å².